The maximum Gasteiger partial charge on any atom is 0.261 e. The SMILES string of the molecule is Cc1cc(F)c(-c2ccccc2)cc1NS(=O)(=O)c1cccc(Br)c1. The summed E-state index contributed by atoms with van der Waals surface area (Å²) in [7, 11) is -3.77. The molecule has 3 aromatic rings. The van der Waals surface area contributed by atoms with E-state index in [1.165, 1.54) is 24.3 Å². The molecule has 0 aliphatic rings. The van der Waals surface area contributed by atoms with Crippen molar-refractivity contribution in [3.63, 3.8) is 0 Å². The van der Waals surface area contributed by atoms with E-state index in [0.717, 1.165) is 0 Å². The van der Waals surface area contributed by atoms with Gasteiger partial charge in [-0.05, 0) is 48.4 Å². The zero-order chi connectivity index (χ0) is 18.0. The molecule has 3 nitrogen and oxygen atoms in total. The van der Waals surface area contributed by atoms with Gasteiger partial charge in [-0.3, -0.25) is 4.72 Å². The van der Waals surface area contributed by atoms with E-state index in [9.17, 15) is 12.8 Å². The van der Waals surface area contributed by atoms with Crippen LogP contribution in [-0.4, -0.2) is 8.42 Å². The van der Waals surface area contributed by atoms with E-state index in [-0.39, 0.29) is 4.90 Å². The van der Waals surface area contributed by atoms with Gasteiger partial charge in [-0.25, -0.2) is 12.8 Å². The van der Waals surface area contributed by atoms with Crippen molar-refractivity contribution >= 4 is 31.6 Å². The number of rotatable bonds is 4. The number of hydrogen-bond acceptors (Lipinski definition) is 2. The van der Waals surface area contributed by atoms with Crippen LogP contribution >= 0.6 is 15.9 Å². The zero-order valence-corrected chi connectivity index (χ0v) is 15.7. The number of nitrogens with one attached hydrogen (secondary N) is 1. The van der Waals surface area contributed by atoms with Crippen molar-refractivity contribution in [1.29, 1.82) is 0 Å². The summed E-state index contributed by atoms with van der Waals surface area (Å²) in [4.78, 5) is 0.131. The lowest BCUT2D eigenvalue weighted by Gasteiger charge is -2.13. The van der Waals surface area contributed by atoms with Crippen LogP contribution < -0.4 is 4.72 Å². The van der Waals surface area contributed by atoms with Gasteiger partial charge in [0, 0.05) is 10.0 Å². The van der Waals surface area contributed by atoms with Gasteiger partial charge in [-0.15, -0.1) is 0 Å². The molecule has 0 saturated carbocycles. The summed E-state index contributed by atoms with van der Waals surface area (Å²) in [5.41, 5.74) is 1.89. The van der Waals surface area contributed by atoms with Gasteiger partial charge in [-0.1, -0.05) is 52.3 Å². The van der Waals surface area contributed by atoms with Crippen molar-refractivity contribution in [3.05, 3.63) is 82.6 Å². The molecule has 0 unspecified atom stereocenters. The molecule has 0 amide bonds. The minimum Gasteiger partial charge on any atom is -0.279 e. The molecule has 25 heavy (non-hydrogen) atoms. The molecule has 0 fully saturated rings. The first-order valence-electron chi connectivity index (χ1n) is 7.51. The third kappa shape index (κ3) is 3.91. The highest BCUT2D eigenvalue weighted by Crippen LogP contribution is 2.30. The van der Waals surface area contributed by atoms with Gasteiger partial charge in [0.1, 0.15) is 5.82 Å². The number of aryl methyl sites for hydroxylation is 1. The lowest BCUT2D eigenvalue weighted by atomic mass is 10.0. The standard InChI is InChI=1S/C19H15BrFNO2S/c1-13-10-18(21)17(14-6-3-2-4-7-14)12-19(13)22-25(23,24)16-9-5-8-15(20)11-16/h2-12,22H,1H3. The van der Waals surface area contributed by atoms with Crippen molar-refractivity contribution < 1.29 is 12.8 Å². The van der Waals surface area contributed by atoms with Gasteiger partial charge < -0.3 is 0 Å². The number of hydrogen-bond donors (Lipinski definition) is 1. The number of anilines is 1. The lowest BCUT2D eigenvalue weighted by Crippen LogP contribution is -2.14. The van der Waals surface area contributed by atoms with Crippen LogP contribution in [0.25, 0.3) is 11.1 Å². The molecule has 0 radical (unpaired) electrons. The Morgan fingerprint density at radius 2 is 1.68 bits per heavy atom. The summed E-state index contributed by atoms with van der Waals surface area (Å²) in [6, 6.07) is 18.3. The topological polar surface area (TPSA) is 46.2 Å². The number of halogens is 2. The lowest BCUT2D eigenvalue weighted by molar-refractivity contribution is 0.601. The van der Waals surface area contributed by atoms with E-state index in [0.29, 0.717) is 26.9 Å². The van der Waals surface area contributed by atoms with Crippen LogP contribution in [0.1, 0.15) is 5.56 Å². The minimum absolute atomic E-state index is 0.131. The van der Waals surface area contributed by atoms with Crippen LogP contribution in [0.15, 0.2) is 76.1 Å². The minimum atomic E-state index is -3.77. The molecular formula is C19H15BrFNO2S. The highest BCUT2D eigenvalue weighted by molar-refractivity contribution is 9.10. The summed E-state index contributed by atoms with van der Waals surface area (Å²) in [5.74, 6) is -0.394. The third-order valence-electron chi connectivity index (χ3n) is 3.75. The Hall–Kier alpha value is -2.18. The molecule has 0 spiro atoms. The van der Waals surface area contributed by atoms with Gasteiger partial charge in [0.25, 0.3) is 10.0 Å². The monoisotopic (exact) mass is 419 g/mol. The van der Waals surface area contributed by atoms with E-state index in [2.05, 4.69) is 20.7 Å². The Bertz CT molecular complexity index is 1020. The molecule has 128 valence electrons. The second-order valence-corrected chi connectivity index (χ2v) is 8.17. The first-order chi connectivity index (χ1) is 11.9. The molecule has 0 aliphatic heterocycles. The maximum absolute atomic E-state index is 14.3. The Balaban J connectivity index is 2.03. The quantitative estimate of drug-likeness (QED) is 0.617. The van der Waals surface area contributed by atoms with Gasteiger partial charge in [0.2, 0.25) is 0 Å². The summed E-state index contributed by atoms with van der Waals surface area (Å²) < 4.78 is 42.8. The molecular weight excluding hydrogens is 405 g/mol. The molecule has 0 atom stereocenters. The maximum atomic E-state index is 14.3. The summed E-state index contributed by atoms with van der Waals surface area (Å²) in [6.45, 7) is 1.66. The van der Waals surface area contributed by atoms with E-state index in [1.54, 1.807) is 43.3 Å². The van der Waals surface area contributed by atoms with E-state index < -0.39 is 15.8 Å². The zero-order valence-electron chi connectivity index (χ0n) is 13.3. The number of benzene rings is 3. The van der Waals surface area contributed by atoms with Crippen molar-refractivity contribution in [2.45, 2.75) is 11.8 Å². The Kier molecular flexibility index (Phi) is 4.92. The molecule has 6 heteroatoms. The van der Waals surface area contributed by atoms with Gasteiger partial charge in [0.05, 0.1) is 10.6 Å². The first kappa shape index (κ1) is 17.6. The molecule has 3 aromatic carbocycles. The Morgan fingerprint density at radius 1 is 0.960 bits per heavy atom. The van der Waals surface area contributed by atoms with E-state index in [1.807, 2.05) is 6.07 Å². The second kappa shape index (κ2) is 6.98. The highest BCUT2D eigenvalue weighted by atomic mass is 79.9. The van der Waals surface area contributed by atoms with Crippen LogP contribution in [-0.2, 0) is 10.0 Å². The number of sulfonamides is 1. The van der Waals surface area contributed by atoms with E-state index >= 15 is 0 Å². The van der Waals surface area contributed by atoms with Crippen LogP contribution in [0.5, 0.6) is 0 Å². The predicted molar refractivity (Wildman–Crippen MR) is 102 cm³/mol. The average Bonchev–Trinajstić information content (AvgIpc) is 2.58. The summed E-state index contributed by atoms with van der Waals surface area (Å²) >= 11 is 3.26. The van der Waals surface area contributed by atoms with Gasteiger partial charge >= 0.3 is 0 Å². The molecule has 3 rings (SSSR count). The fourth-order valence-corrected chi connectivity index (χ4v) is 4.18. The summed E-state index contributed by atoms with van der Waals surface area (Å²) in [6.07, 6.45) is 0. The molecule has 1 N–H and O–H groups in total. The van der Waals surface area contributed by atoms with Gasteiger partial charge in [0.15, 0.2) is 0 Å². The largest absolute Gasteiger partial charge is 0.279 e. The Labute approximate surface area is 154 Å². The van der Waals surface area contributed by atoms with Gasteiger partial charge in [-0.2, -0.15) is 0 Å². The first-order valence-corrected chi connectivity index (χ1v) is 9.78. The normalized spacial score (nSPS) is 11.3. The average molecular weight is 420 g/mol. The third-order valence-corrected chi connectivity index (χ3v) is 5.61. The molecule has 0 saturated heterocycles. The fourth-order valence-electron chi connectivity index (χ4n) is 2.46. The predicted octanol–water partition coefficient (Wildman–Crippen LogP) is 5.36. The highest BCUT2D eigenvalue weighted by Gasteiger charge is 2.17. The molecule has 0 aliphatic carbocycles. The van der Waals surface area contributed by atoms with Crippen LogP contribution in [0.3, 0.4) is 0 Å². The smallest absolute Gasteiger partial charge is 0.261 e. The molecule has 0 bridgehead atoms. The second-order valence-electron chi connectivity index (χ2n) is 5.58. The van der Waals surface area contributed by atoms with Crippen molar-refractivity contribution in [2.24, 2.45) is 0 Å². The van der Waals surface area contributed by atoms with Crippen molar-refractivity contribution in [2.75, 3.05) is 4.72 Å². The summed E-state index contributed by atoms with van der Waals surface area (Å²) in [5, 5.41) is 0. The Morgan fingerprint density at radius 3 is 2.36 bits per heavy atom. The fraction of sp³-hybridized carbons (Fsp3) is 0.0526. The van der Waals surface area contributed by atoms with Crippen molar-refractivity contribution in [1.82, 2.24) is 0 Å². The van der Waals surface area contributed by atoms with E-state index in [4.69, 9.17) is 0 Å². The molecule has 0 heterocycles. The van der Waals surface area contributed by atoms with Crippen LogP contribution in [0.2, 0.25) is 0 Å². The van der Waals surface area contributed by atoms with Crippen molar-refractivity contribution in [3.8, 4) is 11.1 Å². The van der Waals surface area contributed by atoms with Crippen LogP contribution in [0, 0.1) is 12.7 Å². The van der Waals surface area contributed by atoms with Crippen LogP contribution in [0.4, 0.5) is 10.1 Å². The molecule has 0 aromatic heterocycles.